The van der Waals surface area contributed by atoms with E-state index in [-0.39, 0.29) is 13.2 Å². The highest BCUT2D eigenvalue weighted by Gasteiger charge is 2.32. The number of unbranched alkanes of at least 4 members (excludes halogenated alkanes) is 1. The smallest absolute Gasteiger partial charge is 0.0650 e. The molecule has 1 aliphatic carbocycles. The first-order chi connectivity index (χ1) is 6.76. The lowest BCUT2D eigenvalue weighted by atomic mass is 9.87. The summed E-state index contributed by atoms with van der Waals surface area (Å²) >= 11 is 0. The van der Waals surface area contributed by atoms with E-state index in [1.807, 2.05) is 0 Å². The van der Waals surface area contributed by atoms with Crippen molar-refractivity contribution < 1.29 is 10.2 Å². The Morgan fingerprint density at radius 2 is 1.93 bits per heavy atom. The maximum absolute atomic E-state index is 9.35. The van der Waals surface area contributed by atoms with Crippen LogP contribution in [0.3, 0.4) is 0 Å². The van der Waals surface area contributed by atoms with Gasteiger partial charge in [0.15, 0.2) is 0 Å². The van der Waals surface area contributed by atoms with Crippen molar-refractivity contribution in [2.45, 2.75) is 57.0 Å². The van der Waals surface area contributed by atoms with Crippen molar-refractivity contribution in [1.29, 1.82) is 0 Å². The Hall–Kier alpha value is -0.120. The van der Waals surface area contributed by atoms with Crippen molar-refractivity contribution in [3.63, 3.8) is 0 Å². The molecule has 0 atom stereocenters. The van der Waals surface area contributed by atoms with Gasteiger partial charge in [-0.1, -0.05) is 26.2 Å². The third kappa shape index (κ3) is 2.94. The molecule has 0 spiro atoms. The molecule has 3 nitrogen and oxygen atoms in total. The first kappa shape index (κ1) is 12.0. The number of hydrogen-bond acceptors (Lipinski definition) is 3. The molecule has 0 heterocycles. The number of nitrogens with one attached hydrogen (secondary N) is 1. The van der Waals surface area contributed by atoms with Crippen LogP contribution >= 0.6 is 0 Å². The van der Waals surface area contributed by atoms with Gasteiger partial charge in [0.05, 0.1) is 18.8 Å². The zero-order chi connectivity index (χ0) is 10.4. The van der Waals surface area contributed by atoms with E-state index in [1.54, 1.807) is 0 Å². The maximum Gasteiger partial charge on any atom is 0.0650 e. The SMILES string of the molecule is CCCCC(CO)(CO)NC1CCC1. The van der Waals surface area contributed by atoms with Crippen LogP contribution in [-0.4, -0.2) is 35.0 Å². The van der Waals surface area contributed by atoms with Crippen molar-refractivity contribution in [3.05, 3.63) is 0 Å². The number of rotatable bonds is 7. The fourth-order valence-electron chi connectivity index (χ4n) is 1.87. The van der Waals surface area contributed by atoms with Gasteiger partial charge >= 0.3 is 0 Å². The van der Waals surface area contributed by atoms with Gasteiger partial charge in [-0.2, -0.15) is 0 Å². The summed E-state index contributed by atoms with van der Waals surface area (Å²) in [4.78, 5) is 0. The molecule has 0 unspecified atom stereocenters. The zero-order valence-electron chi connectivity index (χ0n) is 9.13. The lowest BCUT2D eigenvalue weighted by Crippen LogP contribution is -2.57. The highest BCUT2D eigenvalue weighted by atomic mass is 16.3. The first-order valence-corrected chi connectivity index (χ1v) is 5.76. The summed E-state index contributed by atoms with van der Waals surface area (Å²) in [5.41, 5.74) is -0.429. The lowest BCUT2D eigenvalue weighted by molar-refractivity contribution is 0.0615. The second-order valence-corrected chi connectivity index (χ2v) is 4.47. The van der Waals surface area contributed by atoms with Crippen LogP contribution in [0.2, 0.25) is 0 Å². The topological polar surface area (TPSA) is 52.5 Å². The van der Waals surface area contributed by atoms with Crippen molar-refractivity contribution in [2.24, 2.45) is 0 Å². The minimum atomic E-state index is -0.429. The van der Waals surface area contributed by atoms with Crippen LogP contribution in [0.25, 0.3) is 0 Å². The fourth-order valence-corrected chi connectivity index (χ4v) is 1.87. The summed E-state index contributed by atoms with van der Waals surface area (Å²) < 4.78 is 0. The van der Waals surface area contributed by atoms with Gasteiger partial charge < -0.3 is 15.5 Å². The highest BCUT2D eigenvalue weighted by Crippen LogP contribution is 2.23. The largest absolute Gasteiger partial charge is 0.394 e. The fraction of sp³-hybridized carbons (Fsp3) is 1.00. The molecule has 1 fully saturated rings. The summed E-state index contributed by atoms with van der Waals surface area (Å²) in [5.74, 6) is 0. The molecule has 1 saturated carbocycles. The van der Waals surface area contributed by atoms with Gasteiger partial charge in [0, 0.05) is 6.04 Å². The van der Waals surface area contributed by atoms with E-state index < -0.39 is 5.54 Å². The van der Waals surface area contributed by atoms with Crippen LogP contribution in [-0.2, 0) is 0 Å². The van der Waals surface area contributed by atoms with Gasteiger partial charge in [-0.15, -0.1) is 0 Å². The third-order valence-electron chi connectivity index (χ3n) is 3.23. The van der Waals surface area contributed by atoms with Crippen LogP contribution in [0.15, 0.2) is 0 Å². The molecule has 1 rings (SSSR count). The summed E-state index contributed by atoms with van der Waals surface area (Å²) in [5, 5.41) is 22.1. The van der Waals surface area contributed by atoms with E-state index in [0.717, 1.165) is 19.3 Å². The second-order valence-electron chi connectivity index (χ2n) is 4.47. The van der Waals surface area contributed by atoms with E-state index in [4.69, 9.17) is 0 Å². The van der Waals surface area contributed by atoms with Gasteiger partial charge in [0.25, 0.3) is 0 Å². The first-order valence-electron chi connectivity index (χ1n) is 5.76. The number of aliphatic hydroxyl groups is 2. The molecule has 0 aromatic heterocycles. The van der Waals surface area contributed by atoms with E-state index in [2.05, 4.69) is 12.2 Å². The van der Waals surface area contributed by atoms with E-state index in [1.165, 1.54) is 19.3 Å². The Morgan fingerprint density at radius 1 is 1.29 bits per heavy atom. The summed E-state index contributed by atoms with van der Waals surface area (Å²) in [6.45, 7) is 2.21. The number of aliphatic hydroxyl groups excluding tert-OH is 2. The standard InChI is InChI=1S/C11H23NO2/c1-2-3-7-11(8-13,9-14)12-10-5-4-6-10/h10,12-14H,2-9H2,1H3. The normalized spacial score (nSPS) is 18.2. The molecule has 0 radical (unpaired) electrons. The van der Waals surface area contributed by atoms with Crippen molar-refractivity contribution in [2.75, 3.05) is 13.2 Å². The Kier molecular flexibility index (Phi) is 4.85. The molecule has 3 N–H and O–H groups in total. The number of hydrogen-bond donors (Lipinski definition) is 3. The van der Waals surface area contributed by atoms with Gasteiger partial charge in [-0.3, -0.25) is 0 Å². The predicted octanol–water partition coefficient (Wildman–Crippen LogP) is 1.04. The van der Waals surface area contributed by atoms with Crippen LogP contribution in [0.5, 0.6) is 0 Å². The average molecular weight is 201 g/mol. The van der Waals surface area contributed by atoms with E-state index >= 15 is 0 Å². The quantitative estimate of drug-likeness (QED) is 0.577. The molecule has 0 saturated heterocycles. The molecule has 84 valence electrons. The van der Waals surface area contributed by atoms with Crippen molar-refractivity contribution in [1.82, 2.24) is 5.32 Å². The maximum atomic E-state index is 9.35. The lowest BCUT2D eigenvalue weighted by Gasteiger charge is -2.39. The highest BCUT2D eigenvalue weighted by molar-refractivity contribution is 4.92. The Balaban J connectivity index is 2.40. The molecule has 0 aliphatic heterocycles. The Morgan fingerprint density at radius 3 is 2.29 bits per heavy atom. The molecular formula is C11H23NO2. The molecule has 3 heteroatoms. The van der Waals surface area contributed by atoms with Crippen molar-refractivity contribution >= 4 is 0 Å². The minimum absolute atomic E-state index is 0.0417. The monoisotopic (exact) mass is 201 g/mol. The van der Waals surface area contributed by atoms with Crippen LogP contribution < -0.4 is 5.32 Å². The average Bonchev–Trinajstić information content (AvgIpc) is 2.17. The van der Waals surface area contributed by atoms with Crippen LogP contribution in [0, 0.1) is 0 Å². The van der Waals surface area contributed by atoms with Gasteiger partial charge in [-0.05, 0) is 19.3 Å². The summed E-state index contributed by atoms with van der Waals surface area (Å²) in [6.07, 6.45) is 6.68. The van der Waals surface area contributed by atoms with E-state index in [9.17, 15) is 10.2 Å². The Bertz CT molecular complexity index is 153. The van der Waals surface area contributed by atoms with Crippen LogP contribution in [0.1, 0.15) is 45.4 Å². The molecule has 0 bridgehead atoms. The van der Waals surface area contributed by atoms with Crippen molar-refractivity contribution in [3.8, 4) is 0 Å². The predicted molar refractivity (Wildman–Crippen MR) is 57.2 cm³/mol. The Labute approximate surface area is 86.5 Å². The summed E-state index contributed by atoms with van der Waals surface area (Å²) in [7, 11) is 0. The molecule has 0 amide bonds. The molecule has 0 aromatic carbocycles. The van der Waals surface area contributed by atoms with Gasteiger partial charge in [0.1, 0.15) is 0 Å². The zero-order valence-corrected chi connectivity index (χ0v) is 9.13. The molecule has 1 aliphatic rings. The van der Waals surface area contributed by atoms with Gasteiger partial charge in [0.2, 0.25) is 0 Å². The molecule has 0 aromatic rings. The molecule has 14 heavy (non-hydrogen) atoms. The molecular weight excluding hydrogens is 178 g/mol. The van der Waals surface area contributed by atoms with Crippen LogP contribution in [0.4, 0.5) is 0 Å². The minimum Gasteiger partial charge on any atom is -0.394 e. The van der Waals surface area contributed by atoms with E-state index in [0.29, 0.717) is 6.04 Å². The third-order valence-corrected chi connectivity index (χ3v) is 3.23. The van der Waals surface area contributed by atoms with Gasteiger partial charge in [-0.25, -0.2) is 0 Å². The summed E-state index contributed by atoms with van der Waals surface area (Å²) in [6, 6.07) is 0.520. The second kappa shape index (κ2) is 5.69.